The summed E-state index contributed by atoms with van der Waals surface area (Å²) in [5, 5.41) is 10.1. The molecule has 1 unspecified atom stereocenters. The summed E-state index contributed by atoms with van der Waals surface area (Å²) >= 11 is 0. The molecule has 4 atom stereocenters. The number of carbonyl (C=O) groups is 1. The van der Waals surface area contributed by atoms with Crippen molar-refractivity contribution in [2.45, 2.75) is 32.8 Å². The number of Topliss-reactive ketones (excluding diaryl/α,β-unsaturated/α-hetero) is 1. The van der Waals surface area contributed by atoms with Gasteiger partial charge in [-0.25, -0.2) is 0 Å². The Morgan fingerprint density at radius 3 is 2.67 bits per heavy atom. The van der Waals surface area contributed by atoms with Crippen molar-refractivity contribution in [1.29, 1.82) is 0 Å². The molecule has 0 aromatic carbocycles. The first-order valence-electron chi connectivity index (χ1n) is 5.53. The van der Waals surface area contributed by atoms with Crippen molar-refractivity contribution >= 4 is 5.78 Å². The summed E-state index contributed by atoms with van der Waals surface area (Å²) in [6.45, 7) is 5.39. The lowest BCUT2D eigenvalue weighted by Crippen LogP contribution is -2.35. The number of hydrogen-bond acceptors (Lipinski definition) is 2. The fourth-order valence-corrected chi connectivity index (χ4v) is 2.70. The zero-order chi connectivity index (χ0) is 11.2. The minimum Gasteiger partial charge on any atom is -0.378 e. The van der Waals surface area contributed by atoms with E-state index in [1.165, 1.54) is 0 Å². The Kier molecular flexibility index (Phi) is 2.34. The van der Waals surface area contributed by atoms with Crippen molar-refractivity contribution in [3.8, 4) is 0 Å². The first-order valence-corrected chi connectivity index (χ1v) is 5.53. The van der Waals surface area contributed by atoms with Gasteiger partial charge in [0.05, 0.1) is 0 Å². The van der Waals surface area contributed by atoms with Gasteiger partial charge in [0.25, 0.3) is 0 Å². The molecule has 82 valence electrons. The number of rotatable bonds is 3. The topological polar surface area (TPSA) is 37.3 Å². The molecule has 0 aromatic heterocycles. The Morgan fingerprint density at radius 1 is 1.53 bits per heavy atom. The van der Waals surface area contributed by atoms with Gasteiger partial charge >= 0.3 is 0 Å². The maximum atomic E-state index is 12.0. The zero-order valence-electron chi connectivity index (χ0n) is 9.53. The van der Waals surface area contributed by atoms with Crippen LogP contribution in [0.25, 0.3) is 0 Å². The second-order valence-corrected chi connectivity index (χ2v) is 5.16. The van der Waals surface area contributed by atoms with Crippen LogP contribution in [0.4, 0.5) is 0 Å². The molecule has 15 heavy (non-hydrogen) atoms. The summed E-state index contributed by atoms with van der Waals surface area (Å²) in [5.74, 6) is 0.952. The van der Waals surface area contributed by atoms with Gasteiger partial charge < -0.3 is 5.11 Å². The van der Waals surface area contributed by atoms with E-state index in [4.69, 9.17) is 0 Å². The lowest BCUT2D eigenvalue weighted by molar-refractivity contribution is -0.133. The molecule has 0 aromatic rings. The number of fused-ring (bicyclic) bond motifs is 1. The predicted molar refractivity (Wildman–Crippen MR) is 59.3 cm³/mol. The van der Waals surface area contributed by atoms with E-state index in [1.54, 1.807) is 13.0 Å². The van der Waals surface area contributed by atoms with Gasteiger partial charge in [-0.15, -0.1) is 0 Å². The third-order valence-electron chi connectivity index (χ3n) is 3.37. The van der Waals surface area contributed by atoms with Crippen LogP contribution in [-0.2, 0) is 4.79 Å². The number of aliphatic hydroxyl groups is 1. The van der Waals surface area contributed by atoms with E-state index in [0.29, 0.717) is 11.8 Å². The van der Waals surface area contributed by atoms with E-state index in [2.05, 4.69) is 12.2 Å². The highest BCUT2D eigenvalue weighted by Crippen LogP contribution is 2.55. The Hall–Kier alpha value is -0.890. The van der Waals surface area contributed by atoms with Gasteiger partial charge in [0.2, 0.25) is 0 Å². The Balaban J connectivity index is 2.09. The van der Waals surface area contributed by atoms with Crippen LogP contribution in [0.1, 0.15) is 27.2 Å². The fourth-order valence-electron chi connectivity index (χ4n) is 2.70. The predicted octanol–water partition coefficient (Wildman–Crippen LogP) is 2.09. The third kappa shape index (κ3) is 1.78. The minimum absolute atomic E-state index is 0.0111. The standard InChI is InChI=1S/C13H18O2/c1-8(2)7-13(3,15)12(14)11-9-5-4-6-10(9)11/h4-5,7,9-11,15H,6H2,1-3H3/t9-,10+,11-,13?/m0/s1. The summed E-state index contributed by atoms with van der Waals surface area (Å²) in [6.07, 6.45) is 6.92. The average Bonchev–Trinajstić information content (AvgIpc) is 2.54. The van der Waals surface area contributed by atoms with Gasteiger partial charge in [0.15, 0.2) is 5.78 Å². The highest BCUT2D eigenvalue weighted by atomic mass is 16.3. The number of allylic oxidation sites excluding steroid dienone is 3. The zero-order valence-corrected chi connectivity index (χ0v) is 9.53. The van der Waals surface area contributed by atoms with Crippen LogP contribution in [0.3, 0.4) is 0 Å². The monoisotopic (exact) mass is 206 g/mol. The summed E-state index contributed by atoms with van der Waals surface area (Å²) in [7, 11) is 0. The second kappa shape index (κ2) is 3.31. The van der Waals surface area contributed by atoms with Crippen molar-refractivity contribution < 1.29 is 9.90 Å². The van der Waals surface area contributed by atoms with Gasteiger partial charge in [-0.2, -0.15) is 0 Å². The van der Waals surface area contributed by atoms with Crippen LogP contribution in [0.2, 0.25) is 0 Å². The Morgan fingerprint density at radius 2 is 2.20 bits per heavy atom. The van der Waals surface area contributed by atoms with E-state index in [-0.39, 0.29) is 11.7 Å². The van der Waals surface area contributed by atoms with Crippen molar-refractivity contribution in [1.82, 2.24) is 0 Å². The Labute approximate surface area is 90.7 Å². The van der Waals surface area contributed by atoms with E-state index < -0.39 is 5.60 Å². The van der Waals surface area contributed by atoms with E-state index in [1.807, 2.05) is 13.8 Å². The van der Waals surface area contributed by atoms with Gasteiger partial charge in [0.1, 0.15) is 5.60 Å². The molecule has 2 aliphatic carbocycles. The second-order valence-electron chi connectivity index (χ2n) is 5.16. The first-order chi connectivity index (χ1) is 6.93. The molecule has 0 heterocycles. The van der Waals surface area contributed by atoms with Gasteiger partial charge in [0, 0.05) is 5.92 Å². The van der Waals surface area contributed by atoms with Crippen LogP contribution in [-0.4, -0.2) is 16.5 Å². The van der Waals surface area contributed by atoms with Crippen LogP contribution >= 0.6 is 0 Å². The molecule has 1 fully saturated rings. The molecule has 0 radical (unpaired) electrons. The van der Waals surface area contributed by atoms with E-state index in [9.17, 15) is 9.90 Å². The molecule has 0 bridgehead atoms. The normalized spacial score (nSPS) is 35.6. The number of ketones is 1. The lowest BCUT2D eigenvalue weighted by atomic mass is 9.93. The van der Waals surface area contributed by atoms with Crippen molar-refractivity contribution in [2.75, 3.05) is 0 Å². The molecule has 1 saturated carbocycles. The molecule has 0 aliphatic heterocycles. The van der Waals surface area contributed by atoms with Crippen LogP contribution in [0.5, 0.6) is 0 Å². The molecular weight excluding hydrogens is 188 g/mol. The maximum absolute atomic E-state index is 12.0. The van der Waals surface area contributed by atoms with Crippen molar-refractivity contribution in [3.05, 3.63) is 23.8 Å². The van der Waals surface area contributed by atoms with Crippen molar-refractivity contribution in [2.24, 2.45) is 17.8 Å². The summed E-state index contributed by atoms with van der Waals surface area (Å²) in [5.41, 5.74) is -0.295. The van der Waals surface area contributed by atoms with E-state index >= 15 is 0 Å². The highest BCUT2D eigenvalue weighted by molar-refractivity contribution is 5.94. The van der Waals surface area contributed by atoms with Gasteiger partial charge in [-0.05, 0) is 45.1 Å². The molecule has 2 heteroatoms. The third-order valence-corrected chi connectivity index (χ3v) is 3.37. The molecule has 0 spiro atoms. The molecule has 2 rings (SSSR count). The molecule has 2 aliphatic rings. The Bertz CT molecular complexity index is 346. The molecule has 0 saturated heterocycles. The van der Waals surface area contributed by atoms with Gasteiger partial charge in [-0.3, -0.25) is 4.79 Å². The first kappa shape index (κ1) is 10.6. The maximum Gasteiger partial charge on any atom is 0.171 e. The smallest absolute Gasteiger partial charge is 0.171 e. The van der Waals surface area contributed by atoms with Crippen LogP contribution in [0.15, 0.2) is 23.8 Å². The highest BCUT2D eigenvalue weighted by Gasteiger charge is 2.57. The van der Waals surface area contributed by atoms with E-state index in [0.717, 1.165) is 12.0 Å². The summed E-state index contributed by atoms with van der Waals surface area (Å²) in [6, 6.07) is 0. The van der Waals surface area contributed by atoms with Crippen molar-refractivity contribution in [3.63, 3.8) is 0 Å². The van der Waals surface area contributed by atoms with Gasteiger partial charge in [-0.1, -0.05) is 17.7 Å². The molecule has 2 nitrogen and oxygen atoms in total. The van der Waals surface area contributed by atoms with Crippen LogP contribution < -0.4 is 0 Å². The number of hydrogen-bond donors (Lipinski definition) is 1. The number of carbonyl (C=O) groups excluding carboxylic acids is 1. The SMILES string of the molecule is CC(C)=CC(C)(O)C(=O)[C@H]1[C@H]2C=CC[C@H]21. The van der Waals surface area contributed by atoms with Crippen LogP contribution in [0, 0.1) is 17.8 Å². The summed E-state index contributed by atoms with van der Waals surface area (Å²) in [4.78, 5) is 12.0. The quantitative estimate of drug-likeness (QED) is 0.718. The molecule has 0 amide bonds. The molecule has 1 N–H and O–H groups in total. The molecular formula is C13H18O2. The average molecular weight is 206 g/mol. The fraction of sp³-hybridized carbons (Fsp3) is 0.615. The minimum atomic E-state index is -1.28. The lowest BCUT2D eigenvalue weighted by Gasteiger charge is -2.18. The summed E-state index contributed by atoms with van der Waals surface area (Å²) < 4.78 is 0. The largest absolute Gasteiger partial charge is 0.378 e.